The molecule has 1 aromatic heterocycles. The van der Waals surface area contributed by atoms with E-state index in [0.29, 0.717) is 12.2 Å². The molecule has 0 saturated carbocycles. The molecule has 1 N–H and O–H groups in total. The quantitative estimate of drug-likeness (QED) is 0.932. The maximum atomic E-state index is 12.1. The van der Waals surface area contributed by atoms with Gasteiger partial charge in [-0.05, 0) is 30.9 Å². The number of hydrogen-bond donors (Lipinski definition) is 1. The van der Waals surface area contributed by atoms with Gasteiger partial charge in [0.25, 0.3) is 5.91 Å². The Kier molecular flexibility index (Phi) is 4.13. The first-order chi connectivity index (χ1) is 11.8. The molecule has 6 heteroatoms. The normalized spacial score (nSPS) is 19.3. The zero-order valence-corrected chi connectivity index (χ0v) is 13.4. The van der Waals surface area contributed by atoms with Gasteiger partial charge >= 0.3 is 0 Å². The Morgan fingerprint density at radius 2 is 2.21 bits per heavy atom. The summed E-state index contributed by atoms with van der Waals surface area (Å²) in [4.78, 5) is 23.0. The van der Waals surface area contributed by atoms with Gasteiger partial charge in [0.2, 0.25) is 0 Å². The van der Waals surface area contributed by atoms with Crippen LogP contribution in [-0.2, 0) is 11.2 Å². The highest BCUT2D eigenvalue weighted by Gasteiger charge is 2.22. The van der Waals surface area contributed by atoms with Crippen LogP contribution in [-0.4, -0.2) is 41.7 Å². The van der Waals surface area contributed by atoms with Crippen molar-refractivity contribution >= 4 is 17.4 Å². The van der Waals surface area contributed by atoms with Crippen molar-refractivity contribution in [1.82, 2.24) is 15.3 Å². The molecule has 1 fully saturated rings. The zero-order chi connectivity index (χ0) is 16.4. The van der Waals surface area contributed by atoms with Crippen molar-refractivity contribution in [2.24, 2.45) is 0 Å². The number of carbonyl (C=O) groups excluding carboxylic acids is 1. The first-order valence-electron chi connectivity index (χ1n) is 8.38. The van der Waals surface area contributed by atoms with Crippen LogP contribution in [0.25, 0.3) is 0 Å². The molecule has 1 unspecified atom stereocenters. The third kappa shape index (κ3) is 2.97. The molecule has 1 saturated heterocycles. The Hall–Kier alpha value is -2.47. The number of aromatic nitrogens is 2. The van der Waals surface area contributed by atoms with E-state index in [-0.39, 0.29) is 12.0 Å². The van der Waals surface area contributed by atoms with E-state index in [1.807, 2.05) is 6.07 Å². The van der Waals surface area contributed by atoms with E-state index in [0.717, 1.165) is 38.2 Å². The highest BCUT2D eigenvalue weighted by Crippen LogP contribution is 2.32. The minimum atomic E-state index is -0.202. The number of nitrogens with one attached hydrogen (secondary N) is 1. The van der Waals surface area contributed by atoms with Gasteiger partial charge in [0.05, 0.1) is 18.5 Å². The van der Waals surface area contributed by atoms with Gasteiger partial charge in [-0.25, -0.2) is 9.97 Å². The smallest absolute Gasteiger partial charge is 0.271 e. The zero-order valence-electron chi connectivity index (χ0n) is 13.4. The lowest BCUT2D eigenvalue weighted by molar-refractivity contribution is 0.0853. The molecule has 2 aliphatic heterocycles. The first kappa shape index (κ1) is 15.1. The Balaban J connectivity index is 1.42. The second kappa shape index (κ2) is 6.57. The second-order valence-electron chi connectivity index (χ2n) is 6.14. The van der Waals surface area contributed by atoms with Crippen LogP contribution in [0.5, 0.6) is 0 Å². The lowest BCUT2D eigenvalue weighted by atomic mass is 10.2. The van der Waals surface area contributed by atoms with Crippen LogP contribution in [0.15, 0.2) is 36.7 Å². The van der Waals surface area contributed by atoms with E-state index in [4.69, 9.17) is 4.74 Å². The van der Waals surface area contributed by atoms with Gasteiger partial charge in [-0.1, -0.05) is 18.2 Å². The van der Waals surface area contributed by atoms with Gasteiger partial charge < -0.3 is 15.0 Å². The molecule has 1 aromatic carbocycles. The summed E-state index contributed by atoms with van der Waals surface area (Å²) in [7, 11) is 0. The van der Waals surface area contributed by atoms with E-state index in [2.05, 4.69) is 38.4 Å². The summed E-state index contributed by atoms with van der Waals surface area (Å²) in [5.74, 6) is 0.571. The van der Waals surface area contributed by atoms with Gasteiger partial charge in [0.15, 0.2) is 5.82 Å². The average Bonchev–Trinajstić information content (AvgIpc) is 3.29. The average molecular weight is 324 g/mol. The van der Waals surface area contributed by atoms with Crippen molar-refractivity contribution < 1.29 is 9.53 Å². The van der Waals surface area contributed by atoms with E-state index >= 15 is 0 Å². The lowest BCUT2D eigenvalue weighted by Gasteiger charge is -2.18. The van der Waals surface area contributed by atoms with Gasteiger partial charge in [-0.3, -0.25) is 4.79 Å². The maximum Gasteiger partial charge on any atom is 0.271 e. The number of benzene rings is 1. The standard InChI is InChI=1S/C18H20N4O2/c23-18(21-10-14-5-3-9-24-14)15-11-20-17(12-19-15)22-8-7-13-4-1-2-6-16(13)22/h1-2,4,6,11-12,14H,3,5,7-10H2,(H,21,23). The van der Waals surface area contributed by atoms with Gasteiger partial charge in [-0.15, -0.1) is 0 Å². The molecule has 4 rings (SSSR count). The highest BCUT2D eigenvalue weighted by atomic mass is 16.5. The maximum absolute atomic E-state index is 12.1. The number of rotatable bonds is 4. The molecular formula is C18H20N4O2. The summed E-state index contributed by atoms with van der Waals surface area (Å²) in [6.07, 6.45) is 6.40. The summed E-state index contributed by atoms with van der Waals surface area (Å²) in [6, 6.07) is 8.30. The fraction of sp³-hybridized carbons (Fsp3) is 0.389. The van der Waals surface area contributed by atoms with E-state index in [1.165, 1.54) is 11.3 Å². The molecule has 6 nitrogen and oxygen atoms in total. The van der Waals surface area contributed by atoms with Gasteiger partial charge in [-0.2, -0.15) is 0 Å². The van der Waals surface area contributed by atoms with E-state index < -0.39 is 0 Å². The van der Waals surface area contributed by atoms with Crippen molar-refractivity contribution in [3.63, 3.8) is 0 Å². The molecule has 2 aliphatic rings. The van der Waals surface area contributed by atoms with Gasteiger partial charge in [0.1, 0.15) is 5.69 Å². The summed E-state index contributed by atoms with van der Waals surface area (Å²) in [5, 5.41) is 2.87. The third-order valence-corrected chi connectivity index (χ3v) is 4.55. The molecule has 124 valence electrons. The molecule has 0 bridgehead atoms. The number of nitrogens with zero attached hydrogens (tertiary/aromatic N) is 3. The van der Waals surface area contributed by atoms with Crippen LogP contribution in [0.3, 0.4) is 0 Å². The SMILES string of the molecule is O=C(NCC1CCCO1)c1cnc(N2CCc3ccccc32)cn1. The van der Waals surface area contributed by atoms with Crippen LogP contribution in [0.1, 0.15) is 28.9 Å². The van der Waals surface area contributed by atoms with Crippen LogP contribution in [0, 0.1) is 0 Å². The molecule has 2 aromatic rings. The fourth-order valence-electron chi connectivity index (χ4n) is 3.26. The Morgan fingerprint density at radius 3 is 3.00 bits per heavy atom. The summed E-state index contributed by atoms with van der Waals surface area (Å²) < 4.78 is 5.50. The molecule has 0 aliphatic carbocycles. The molecule has 3 heterocycles. The Morgan fingerprint density at radius 1 is 1.29 bits per heavy atom. The molecule has 1 amide bonds. The number of para-hydroxylation sites is 1. The largest absolute Gasteiger partial charge is 0.376 e. The minimum absolute atomic E-state index is 0.127. The minimum Gasteiger partial charge on any atom is -0.376 e. The number of hydrogen-bond acceptors (Lipinski definition) is 5. The van der Waals surface area contributed by atoms with E-state index in [9.17, 15) is 4.79 Å². The molecule has 0 radical (unpaired) electrons. The van der Waals surface area contributed by atoms with Crippen LogP contribution >= 0.6 is 0 Å². The number of amides is 1. The molecule has 1 atom stereocenters. The topological polar surface area (TPSA) is 67.3 Å². The van der Waals surface area contributed by atoms with Crippen molar-refractivity contribution in [2.45, 2.75) is 25.4 Å². The Labute approximate surface area is 140 Å². The fourth-order valence-corrected chi connectivity index (χ4v) is 3.26. The second-order valence-corrected chi connectivity index (χ2v) is 6.14. The molecule has 0 spiro atoms. The monoisotopic (exact) mass is 324 g/mol. The summed E-state index contributed by atoms with van der Waals surface area (Å²) >= 11 is 0. The number of carbonyl (C=O) groups is 1. The van der Waals surface area contributed by atoms with Gasteiger partial charge in [0, 0.05) is 25.4 Å². The highest BCUT2D eigenvalue weighted by molar-refractivity contribution is 5.92. The van der Waals surface area contributed by atoms with Crippen molar-refractivity contribution in [2.75, 3.05) is 24.6 Å². The van der Waals surface area contributed by atoms with Crippen molar-refractivity contribution in [3.8, 4) is 0 Å². The number of ether oxygens (including phenoxy) is 1. The van der Waals surface area contributed by atoms with Crippen LogP contribution in [0.4, 0.5) is 11.5 Å². The number of anilines is 2. The molecular weight excluding hydrogens is 304 g/mol. The Bertz CT molecular complexity index is 726. The predicted octanol–water partition coefficient (Wildman–Crippen LogP) is 2.08. The van der Waals surface area contributed by atoms with Crippen LogP contribution in [0.2, 0.25) is 0 Å². The van der Waals surface area contributed by atoms with Crippen molar-refractivity contribution in [3.05, 3.63) is 47.9 Å². The first-order valence-corrected chi connectivity index (χ1v) is 8.38. The summed E-state index contributed by atoms with van der Waals surface area (Å²) in [6.45, 7) is 2.20. The van der Waals surface area contributed by atoms with Crippen molar-refractivity contribution in [1.29, 1.82) is 0 Å². The molecule has 24 heavy (non-hydrogen) atoms. The number of fused-ring (bicyclic) bond motifs is 1. The predicted molar refractivity (Wildman–Crippen MR) is 90.5 cm³/mol. The van der Waals surface area contributed by atoms with E-state index in [1.54, 1.807) is 12.4 Å². The lowest BCUT2D eigenvalue weighted by Crippen LogP contribution is -2.32. The summed E-state index contributed by atoms with van der Waals surface area (Å²) in [5.41, 5.74) is 2.82. The van der Waals surface area contributed by atoms with Crippen LogP contribution < -0.4 is 10.2 Å². The third-order valence-electron chi connectivity index (χ3n) is 4.55.